The van der Waals surface area contributed by atoms with Crippen LogP contribution in [0.1, 0.15) is 24.0 Å². The van der Waals surface area contributed by atoms with Crippen molar-refractivity contribution in [2.24, 2.45) is 5.73 Å². The van der Waals surface area contributed by atoms with Gasteiger partial charge < -0.3 is 30.8 Å². The van der Waals surface area contributed by atoms with Gasteiger partial charge >= 0.3 is 11.7 Å². The van der Waals surface area contributed by atoms with Crippen LogP contribution in [0.5, 0.6) is 0 Å². The Balaban J connectivity index is 1.67. The van der Waals surface area contributed by atoms with E-state index in [0.717, 1.165) is 16.5 Å². The molecule has 0 unspecified atom stereocenters. The van der Waals surface area contributed by atoms with Crippen molar-refractivity contribution in [1.29, 1.82) is 5.41 Å². The first-order valence-electron chi connectivity index (χ1n) is 10.7. The molecule has 178 valence electrons. The van der Waals surface area contributed by atoms with Crippen LogP contribution in [0.4, 0.5) is 10.5 Å². The van der Waals surface area contributed by atoms with E-state index in [0.29, 0.717) is 24.2 Å². The van der Waals surface area contributed by atoms with Crippen LogP contribution in [0.2, 0.25) is 0 Å². The van der Waals surface area contributed by atoms with Gasteiger partial charge in [-0.2, -0.15) is 0 Å². The number of carbonyl (C=O) groups excluding carboxylic acids is 2. The lowest BCUT2D eigenvalue weighted by molar-refractivity contribution is -0.118. The summed E-state index contributed by atoms with van der Waals surface area (Å²) in [5.74, 6) is -0.641. The molecule has 34 heavy (non-hydrogen) atoms. The topological polar surface area (TPSA) is 160 Å². The van der Waals surface area contributed by atoms with Crippen molar-refractivity contribution in [2.45, 2.75) is 32.4 Å². The number of anilines is 1. The van der Waals surface area contributed by atoms with Gasteiger partial charge in [-0.3, -0.25) is 10.2 Å². The molecule has 10 nitrogen and oxygen atoms in total. The zero-order valence-electron chi connectivity index (χ0n) is 18.7. The molecular formula is C24H27N5O5. The summed E-state index contributed by atoms with van der Waals surface area (Å²) >= 11 is 0. The molecule has 0 saturated heterocycles. The second kappa shape index (κ2) is 11.5. The number of guanidine groups is 1. The molecule has 10 heteroatoms. The van der Waals surface area contributed by atoms with Gasteiger partial charge in [-0.15, -0.1) is 0 Å². The fourth-order valence-electron chi connectivity index (χ4n) is 3.34. The van der Waals surface area contributed by atoms with Crippen molar-refractivity contribution in [1.82, 2.24) is 10.6 Å². The highest BCUT2D eigenvalue weighted by atomic mass is 16.5. The van der Waals surface area contributed by atoms with Gasteiger partial charge in [0.15, 0.2) is 5.96 Å². The minimum absolute atomic E-state index is 0.0654. The SMILES string of the molecule is Cc1cc(=O)oc2cc(NC(=O)[C@H](CCCNC(=N)N)NC(=O)OCc3ccccc3)ccc12. The Hall–Kier alpha value is -4.34. The molecule has 3 rings (SSSR count). The molecule has 0 fully saturated rings. The van der Waals surface area contributed by atoms with E-state index in [9.17, 15) is 14.4 Å². The van der Waals surface area contributed by atoms with E-state index in [2.05, 4.69) is 16.0 Å². The predicted molar refractivity (Wildman–Crippen MR) is 129 cm³/mol. The quantitative estimate of drug-likeness (QED) is 0.140. The van der Waals surface area contributed by atoms with Crippen LogP contribution in [-0.2, 0) is 16.1 Å². The summed E-state index contributed by atoms with van der Waals surface area (Å²) in [4.78, 5) is 37.0. The highest BCUT2D eigenvalue weighted by Crippen LogP contribution is 2.21. The van der Waals surface area contributed by atoms with Crippen LogP contribution in [0.25, 0.3) is 11.0 Å². The predicted octanol–water partition coefficient (Wildman–Crippen LogP) is 2.60. The van der Waals surface area contributed by atoms with Crippen molar-refractivity contribution >= 4 is 34.6 Å². The summed E-state index contributed by atoms with van der Waals surface area (Å²) in [5, 5.41) is 16.0. The first-order chi connectivity index (χ1) is 16.3. The van der Waals surface area contributed by atoms with Crippen molar-refractivity contribution in [3.05, 3.63) is 76.1 Å². The number of fused-ring (bicyclic) bond motifs is 1. The molecule has 3 aromatic rings. The number of nitrogens with two attached hydrogens (primary N) is 1. The molecule has 1 aromatic heterocycles. The minimum atomic E-state index is -0.905. The Bertz CT molecular complexity index is 1230. The largest absolute Gasteiger partial charge is 0.445 e. The summed E-state index contributed by atoms with van der Waals surface area (Å²) in [6, 6.07) is 14.7. The standard InChI is InChI=1S/C24H27N5O5/c1-15-12-21(30)34-20-13-17(9-10-18(15)20)28-22(31)19(8-5-11-27-23(25)26)29-24(32)33-14-16-6-3-2-4-7-16/h2-4,6-7,9-10,12-13,19H,5,8,11,14H2,1H3,(H,28,31)(H,29,32)(H4,25,26,27)/t19-/m0/s1. The number of nitrogens with one attached hydrogen (secondary N) is 4. The number of benzene rings is 2. The van der Waals surface area contributed by atoms with Crippen LogP contribution in [0, 0.1) is 12.3 Å². The Morgan fingerprint density at radius 1 is 1.15 bits per heavy atom. The van der Waals surface area contributed by atoms with Crippen LogP contribution in [-0.4, -0.2) is 30.5 Å². The lowest BCUT2D eigenvalue weighted by Crippen LogP contribution is -2.44. The number of hydrogen-bond acceptors (Lipinski definition) is 6. The number of carbonyl (C=O) groups is 2. The molecule has 6 N–H and O–H groups in total. The van der Waals surface area contributed by atoms with E-state index in [1.54, 1.807) is 25.1 Å². The molecule has 0 aliphatic rings. The van der Waals surface area contributed by atoms with E-state index < -0.39 is 23.7 Å². The number of rotatable bonds is 9. The third kappa shape index (κ3) is 7.09. The zero-order chi connectivity index (χ0) is 24.5. The average Bonchev–Trinajstić information content (AvgIpc) is 2.79. The summed E-state index contributed by atoms with van der Waals surface area (Å²) in [6.07, 6.45) is 0.000163. The molecule has 2 aromatic carbocycles. The van der Waals surface area contributed by atoms with Crippen LogP contribution in [0.3, 0.4) is 0 Å². The average molecular weight is 466 g/mol. The molecule has 2 amide bonds. The van der Waals surface area contributed by atoms with E-state index >= 15 is 0 Å². The number of ether oxygens (including phenoxy) is 1. The molecule has 0 bridgehead atoms. The van der Waals surface area contributed by atoms with Crippen molar-refractivity contribution < 1.29 is 18.7 Å². The monoisotopic (exact) mass is 465 g/mol. The molecule has 0 aliphatic heterocycles. The Morgan fingerprint density at radius 2 is 1.91 bits per heavy atom. The summed E-state index contributed by atoms with van der Waals surface area (Å²) in [5.41, 5.74) is 7.15. The van der Waals surface area contributed by atoms with Gasteiger partial charge in [0.05, 0.1) is 0 Å². The van der Waals surface area contributed by atoms with Gasteiger partial charge in [0.2, 0.25) is 5.91 Å². The van der Waals surface area contributed by atoms with Gasteiger partial charge in [0, 0.05) is 29.8 Å². The minimum Gasteiger partial charge on any atom is -0.445 e. The van der Waals surface area contributed by atoms with E-state index in [4.69, 9.17) is 20.3 Å². The van der Waals surface area contributed by atoms with E-state index in [-0.39, 0.29) is 19.0 Å². The molecule has 1 atom stereocenters. The van der Waals surface area contributed by atoms with Crippen LogP contribution in [0.15, 0.2) is 63.8 Å². The Labute approximate surface area is 196 Å². The van der Waals surface area contributed by atoms with Gasteiger partial charge in [0.1, 0.15) is 18.2 Å². The summed E-state index contributed by atoms with van der Waals surface area (Å²) in [7, 11) is 0. The van der Waals surface area contributed by atoms with Gasteiger partial charge in [0.25, 0.3) is 0 Å². The van der Waals surface area contributed by atoms with Gasteiger partial charge in [-0.25, -0.2) is 9.59 Å². The first-order valence-corrected chi connectivity index (χ1v) is 10.7. The maximum atomic E-state index is 13.0. The lowest BCUT2D eigenvalue weighted by atomic mass is 10.1. The third-order valence-electron chi connectivity index (χ3n) is 5.03. The van der Waals surface area contributed by atoms with E-state index in [1.165, 1.54) is 6.07 Å². The molecule has 0 radical (unpaired) electrons. The molecule has 0 aliphatic carbocycles. The van der Waals surface area contributed by atoms with Crippen molar-refractivity contribution in [3.8, 4) is 0 Å². The van der Waals surface area contributed by atoms with Crippen LogP contribution >= 0.6 is 0 Å². The maximum absolute atomic E-state index is 13.0. The zero-order valence-corrected chi connectivity index (χ0v) is 18.7. The number of aryl methyl sites for hydroxylation is 1. The Kier molecular flexibility index (Phi) is 8.22. The Morgan fingerprint density at radius 3 is 2.65 bits per heavy atom. The van der Waals surface area contributed by atoms with Crippen LogP contribution < -0.4 is 27.3 Å². The highest BCUT2D eigenvalue weighted by Gasteiger charge is 2.22. The second-order valence-corrected chi connectivity index (χ2v) is 7.69. The second-order valence-electron chi connectivity index (χ2n) is 7.69. The highest BCUT2D eigenvalue weighted by molar-refractivity contribution is 5.98. The lowest BCUT2D eigenvalue weighted by Gasteiger charge is -2.19. The number of hydrogen-bond donors (Lipinski definition) is 5. The first kappa shape index (κ1) is 24.3. The molecule has 0 spiro atoms. The normalized spacial score (nSPS) is 11.4. The molecule has 1 heterocycles. The summed E-state index contributed by atoms with van der Waals surface area (Å²) in [6.45, 7) is 2.23. The van der Waals surface area contributed by atoms with Crippen molar-refractivity contribution in [3.63, 3.8) is 0 Å². The van der Waals surface area contributed by atoms with E-state index in [1.807, 2.05) is 30.3 Å². The number of amides is 2. The number of alkyl carbamates (subject to hydrolysis) is 1. The van der Waals surface area contributed by atoms with Gasteiger partial charge in [-0.05, 0) is 43.0 Å². The fourth-order valence-corrected chi connectivity index (χ4v) is 3.34. The van der Waals surface area contributed by atoms with Gasteiger partial charge in [-0.1, -0.05) is 30.3 Å². The summed E-state index contributed by atoms with van der Waals surface area (Å²) < 4.78 is 10.5. The third-order valence-corrected chi connectivity index (χ3v) is 5.03. The fraction of sp³-hybridized carbons (Fsp3) is 0.250. The van der Waals surface area contributed by atoms with Crippen molar-refractivity contribution in [2.75, 3.05) is 11.9 Å². The smallest absolute Gasteiger partial charge is 0.408 e. The molecular weight excluding hydrogens is 438 g/mol. The maximum Gasteiger partial charge on any atom is 0.408 e. The molecule has 0 saturated carbocycles.